The van der Waals surface area contributed by atoms with Gasteiger partial charge in [-0.3, -0.25) is 9.59 Å². The van der Waals surface area contributed by atoms with Crippen molar-refractivity contribution in [3.8, 4) is 0 Å². The summed E-state index contributed by atoms with van der Waals surface area (Å²) >= 11 is 1.42. The molecule has 2 aromatic heterocycles. The maximum atomic E-state index is 12.8. The minimum atomic E-state index is -0.340. The number of rotatable bonds is 9. The first kappa shape index (κ1) is 23.4. The number of hydrogen-bond donors (Lipinski definition) is 2. The van der Waals surface area contributed by atoms with Gasteiger partial charge in [0.2, 0.25) is 0 Å². The van der Waals surface area contributed by atoms with Crippen LogP contribution in [-0.2, 0) is 12.3 Å². The fraction of sp³-hybridized carbons (Fsp3) is 0.240. The van der Waals surface area contributed by atoms with Crippen molar-refractivity contribution in [2.45, 2.75) is 37.3 Å². The topological polar surface area (TPSA) is 106 Å². The Morgan fingerprint density at radius 3 is 2.62 bits per heavy atom. The van der Waals surface area contributed by atoms with Gasteiger partial charge in [-0.2, -0.15) is 0 Å². The summed E-state index contributed by atoms with van der Waals surface area (Å²) in [6.07, 6.45) is 1.77. The molecule has 0 fully saturated rings. The Labute approximate surface area is 201 Å². The van der Waals surface area contributed by atoms with Gasteiger partial charge in [-0.25, -0.2) is 4.98 Å². The Kier molecular flexibility index (Phi) is 7.22. The van der Waals surface area contributed by atoms with Crippen LogP contribution >= 0.6 is 11.8 Å². The Balaban J connectivity index is 1.58. The Bertz CT molecular complexity index is 1360. The second-order valence-corrected chi connectivity index (χ2v) is 9.06. The Morgan fingerprint density at radius 1 is 1.15 bits per heavy atom. The van der Waals surface area contributed by atoms with Crippen molar-refractivity contribution >= 4 is 28.6 Å². The van der Waals surface area contributed by atoms with Crippen molar-refractivity contribution in [1.29, 1.82) is 0 Å². The zero-order chi connectivity index (χ0) is 24.1. The van der Waals surface area contributed by atoms with E-state index in [0.29, 0.717) is 45.6 Å². The van der Waals surface area contributed by atoms with E-state index < -0.39 is 0 Å². The maximum absolute atomic E-state index is 12.8. The number of aromatic amines is 1. The number of para-hydroxylation sites is 1. The summed E-state index contributed by atoms with van der Waals surface area (Å²) in [6, 6.07) is 16.0. The first-order valence-electron chi connectivity index (χ1n) is 11.0. The minimum absolute atomic E-state index is 0.0804. The summed E-state index contributed by atoms with van der Waals surface area (Å²) < 4.78 is 1.94. The predicted octanol–water partition coefficient (Wildman–Crippen LogP) is 4.12. The second-order valence-electron chi connectivity index (χ2n) is 8.12. The number of amides is 1. The van der Waals surface area contributed by atoms with Crippen LogP contribution in [0.3, 0.4) is 0 Å². The Morgan fingerprint density at radius 2 is 1.88 bits per heavy atom. The SMILES string of the molecule is C=CCn1c(SCc2nc3ccccc3c(=O)[nH]2)nnc1[C@H](NC(=O)c1ccccc1)C(C)C. The van der Waals surface area contributed by atoms with Crippen molar-refractivity contribution in [3.05, 3.63) is 94.8 Å². The first-order chi connectivity index (χ1) is 16.5. The fourth-order valence-electron chi connectivity index (χ4n) is 3.62. The summed E-state index contributed by atoms with van der Waals surface area (Å²) in [5, 5.41) is 13.1. The third-order valence-electron chi connectivity index (χ3n) is 5.32. The van der Waals surface area contributed by atoms with E-state index >= 15 is 0 Å². The lowest BCUT2D eigenvalue weighted by Crippen LogP contribution is -2.33. The Hall–Kier alpha value is -3.72. The molecule has 2 heterocycles. The van der Waals surface area contributed by atoms with E-state index in [1.54, 1.807) is 24.3 Å². The quantitative estimate of drug-likeness (QED) is 0.279. The molecule has 0 aliphatic carbocycles. The highest BCUT2D eigenvalue weighted by Crippen LogP contribution is 2.27. The molecule has 2 N–H and O–H groups in total. The van der Waals surface area contributed by atoms with Crippen LogP contribution in [0.15, 0.2) is 77.2 Å². The van der Waals surface area contributed by atoms with E-state index in [1.807, 2.05) is 54.8 Å². The number of nitrogens with zero attached hydrogens (tertiary/aromatic N) is 4. The van der Waals surface area contributed by atoms with Gasteiger partial charge in [0, 0.05) is 12.1 Å². The van der Waals surface area contributed by atoms with Gasteiger partial charge in [0.05, 0.1) is 22.7 Å². The van der Waals surface area contributed by atoms with Gasteiger partial charge < -0.3 is 14.9 Å². The summed E-state index contributed by atoms with van der Waals surface area (Å²) in [4.78, 5) is 32.6. The minimum Gasteiger partial charge on any atom is -0.342 e. The second kappa shape index (κ2) is 10.5. The standard InChI is InChI=1S/C25H26N6O2S/c1-4-14-31-22(21(16(2)3)28-23(32)17-10-6-5-7-11-17)29-30-25(31)34-15-20-26-19-13-9-8-12-18(19)24(33)27-20/h4-13,16,21H,1,14-15H2,2-3H3,(H,28,32)(H,26,27,33)/t21-/m1/s1. The normalized spacial score (nSPS) is 12.1. The van der Waals surface area contributed by atoms with E-state index in [2.05, 4.69) is 32.1 Å². The van der Waals surface area contributed by atoms with Crippen molar-refractivity contribution in [1.82, 2.24) is 30.0 Å². The maximum Gasteiger partial charge on any atom is 0.258 e. The molecule has 174 valence electrons. The molecule has 34 heavy (non-hydrogen) atoms. The number of carbonyl (C=O) groups is 1. The predicted molar refractivity (Wildman–Crippen MR) is 134 cm³/mol. The highest BCUT2D eigenvalue weighted by molar-refractivity contribution is 7.98. The third-order valence-corrected chi connectivity index (χ3v) is 6.30. The third kappa shape index (κ3) is 5.09. The van der Waals surface area contributed by atoms with Crippen molar-refractivity contribution in [2.24, 2.45) is 5.92 Å². The van der Waals surface area contributed by atoms with Gasteiger partial charge in [-0.05, 0) is 30.2 Å². The summed E-state index contributed by atoms with van der Waals surface area (Å²) in [5.41, 5.74) is 1.07. The van der Waals surface area contributed by atoms with Crippen LogP contribution in [0.4, 0.5) is 0 Å². The van der Waals surface area contributed by atoms with Crippen LogP contribution in [0.25, 0.3) is 10.9 Å². The molecule has 0 aliphatic rings. The van der Waals surface area contributed by atoms with E-state index in [0.717, 1.165) is 0 Å². The molecular weight excluding hydrogens is 448 g/mol. The number of nitrogens with one attached hydrogen (secondary N) is 2. The zero-order valence-electron chi connectivity index (χ0n) is 19.1. The summed E-state index contributed by atoms with van der Waals surface area (Å²) in [6.45, 7) is 8.40. The zero-order valence-corrected chi connectivity index (χ0v) is 19.9. The van der Waals surface area contributed by atoms with Crippen LogP contribution in [0.1, 0.15) is 41.9 Å². The molecule has 0 unspecified atom stereocenters. The highest BCUT2D eigenvalue weighted by atomic mass is 32.2. The van der Waals surface area contributed by atoms with Crippen LogP contribution < -0.4 is 10.9 Å². The molecule has 0 saturated carbocycles. The lowest BCUT2D eigenvalue weighted by Gasteiger charge is -2.22. The smallest absolute Gasteiger partial charge is 0.258 e. The van der Waals surface area contributed by atoms with Gasteiger partial charge in [-0.15, -0.1) is 16.8 Å². The number of aromatic nitrogens is 5. The van der Waals surface area contributed by atoms with Crippen molar-refractivity contribution < 1.29 is 4.79 Å². The number of carbonyl (C=O) groups excluding carboxylic acids is 1. The largest absolute Gasteiger partial charge is 0.342 e. The van der Waals surface area contributed by atoms with Crippen LogP contribution in [0.5, 0.6) is 0 Å². The van der Waals surface area contributed by atoms with Crippen LogP contribution in [0.2, 0.25) is 0 Å². The van der Waals surface area contributed by atoms with Gasteiger partial charge in [0.1, 0.15) is 5.82 Å². The monoisotopic (exact) mass is 474 g/mol. The van der Waals surface area contributed by atoms with E-state index in [4.69, 9.17) is 0 Å². The first-order valence-corrected chi connectivity index (χ1v) is 12.0. The lowest BCUT2D eigenvalue weighted by atomic mass is 10.0. The molecule has 8 nitrogen and oxygen atoms in total. The van der Waals surface area contributed by atoms with Crippen molar-refractivity contribution in [3.63, 3.8) is 0 Å². The van der Waals surface area contributed by atoms with Gasteiger partial charge >= 0.3 is 0 Å². The average Bonchev–Trinajstić information content (AvgIpc) is 3.23. The molecule has 1 atom stereocenters. The highest BCUT2D eigenvalue weighted by Gasteiger charge is 2.26. The molecule has 9 heteroatoms. The molecule has 4 rings (SSSR count). The van der Waals surface area contributed by atoms with Gasteiger partial charge in [-0.1, -0.05) is 62.0 Å². The lowest BCUT2D eigenvalue weighted by molar-refractivity contribution is 0.0922. The molecule has 1 amide bonds. The fourth-order valence-corrected chi connectivity index (χ4v) is 4.44. The summed E-state index contributed by atoms with van der Waals surface area (Å²) in [5.74, 6) is 1.54. The van der Waals surface area contributed by atoms with Gasteiger partial charge in [0.15, 0.2) is 11.0 Å². The molecular formula is C25H26N6O2S. The van der Waals surface area contributed by atoms with E-state index in [9.17, 15) is 9.59 Å². The molecule has 0 radical (unpaired) electrons. The van der Waals surface area contributed by atoms with E-state index in [-0.39, 0.29) is 23.4 Å². The number of fused-ring (bicyclic) bond motifs is 1. The average molecular weight is 475 g/mol. The molecule has 2 aromatic carbocycles. The molecule has 0 bridgehead atoms. The van der Waals surface area contributed by atoms with E-state index in [1.165, 1.54) is 11.8 Å². The number of allylic oxidation sites excluding steroid dienone is 1. The number of benzene rings is 2. The number of thioether (sulfide) groups is 1. The number of H-pyrrole nitrogens is 1. The molecule has 0 aliphatic heterocycles. The summed E-state index contributed by atoms with van der Waals surface area (Å²) in [7, 11) is 0. The van der Waals surface area contributed by atoms with Crippen LogP contribution in [0, 0.1) is 5.92 Å². The molecule has 4 aromatic rings. The van der Waals surface area contributed by atoms with Gasteiger partial charge in [0.25, 0.3) is 11.5 Å². The van der Waals surface area contributed by atoms with Crippen molar-refractivity contribution in [2.75, 3.05) is 0 Å². The number of hydrogen-bond acceptors (Lipinski definition) is 6. The molecule has 0 saturated heterocycles. The van der Waals surface area contributed by atoms with Crippen LogP contribution in [-0.4, -0.2) is 30.6 Å². The molecule has 0 spiro atoms.